The third kappa shape index (κ3) is 2.47. The molecule has 6 heteroatoms. The number of carbonyl (C=O) groups is 2. The third-order valence-corrected chi connectivity index (χ3v) is 5.41. The molecule has 2 atom stereocenters. The third-order valence-electron chi connectivity index (χ3n) is 5.41. The van der Waals surface area contributed by atoms with Gasteiger partial charge in [-0.25, -0.2) is 4.79 Å². The molecule has 3 N–H and O–H groups in total. The van der Waals surface area contributed by atoms with Crippen LogP contribution in [-0.4, -0.2) is 42.2 Å². The van der Waals surface area contributed by atoms with Gasteiger partial charge in [-0.1, -0.05) is 18.6 Å². The Labute approximate surface area is 135 Å². The number of amides is 2. The standard InChI is InChI=1S/C17H22N2O4/c1-23-17(12-5-2-4-11(8-12)15(18)20)13-6-3-7-14(17)10-19(9-13)16(21)22/h2,4-5,8,13-14H,3,6-7,9-10H2,1H3,(H2,18,20)(H,21,22). The number of ether oxygens (including phenoxy) is 1. The Bertz CT molecular complexity index is 617. The van der Waals surface area contributed by atoms with Crippen LogP contribution in [0, 0.1) is 11.8 Å². The number of hydrogen-bond donors (Lipinski definition) is 2. The molecule has 1 heterocycles. The molecule has 124 valence electrons. The molecule has 6 nitrogen and oxygen atoms in total. The summed E-state index contributed by atoms with van der Waals surface area (Å²) in [5.41, 5.74) is 6.25. The van der Waals surface area contributed by atoms with E-state index in [0.717, 1.165) is 24.8 Å². The van der Waals surface area contributed by atoms with Crippen LogP contribution in [0.4, 0.5) is 4.79 Å². The van der Waals surface area contributed by atoms with Crippen LogP contribution in [0.25, 0.3) is 0 Å². The Morgan fingerprint density at radius 3 is 2.48 bits per heavy atom. The Balaban J connectivity index is 2.05. The molecule has 0 radical (unpaired) electrons. The average molecular weight is 318 g/mol. The van der Waals surface area contributed by atoms with Gasteiger partial charge in [-0.3, -0.25) is 4.79 Å². The van der Waals surface area contributed by atoms with E-state index in [9.17, 15) is 14.7 Å². The van der Waals surface area contributed by atoms with Crippen LogP contribution in [0.5, 0.6) is 0 Å². The predicted octanol–water partition coefficient (Wildman–Crippen LogP) is 2.04. The largest absolute Gasteiger partial charge is 0.465 e. The van der Waals surface area contributed by atoms with Gasteiger partial charge in [0.2, 0.25) is 5.91 Å². The number of likely N-dealkylation sites (tertiary alicyclic amines) is 1. The Morgan fingerprint density at radius 2 is 1.96 bits per heavy atom. The number of hydrogen-bond acceptors (Lipinski definition) is 3. The van der Waals surface area contributed by atoms with Gasteiger partial charge in [-0.05, 0) is 30.5 Å². The van der Waals surface area contributed by atoms with Crippen LogP contribution in [-0.2, 0) is 10.3 Å². The molecular formula is C17H22N2O4. The first kappa shape index (κ1) is 15.8. The molecule has 1 aromatic carbocycles. The fraction of sp³-hybridized carbons (Fsp3) is 0.529. The molecule has 2 fully saturated rings. The summed E-state index contributed by atoms with van der Waals surface area (Å²) in [5.74, 6) is -0.301. The zero-order chi connectivity index (χ0) is 16.6. The minimum atomic E-state index is -0.877. The van der Waals surface area contributed by atoms with Gasteiger partial charge in [-0.2, -0.15) is 0 Å². The van der Waals surface area contributed by atoms with Crippen LogP contribution in [0.3, 0.4) is 0 Å². The molecule has 1 aromatic rings. The number of primary amides is 1. The maximum Gasteiger partial charge on any atom is 0.407 e. The van der Waals surface area contributed by atoms with Gasteiger partial charge in [0.1, 0.15) is 5.60 Å². The van der Waals surface area contributed by atoms with Crippen LogP contribution < -0.4 is 5.73 Å². The first-order valence-corrected chi connectivity index (χ1v) is 7.92. The van der Waals surface area contributed by atoms with Crippen molar-refractivity contribution in [3.8, 4) is 0 Å². The number of carboxylic acid groups (broad SMARTS) is 1. The second kappa shape index (κ2) is 5.85. The van der Waals surface area contributed by atoms with Crippen LogP contribution >= 0.6 is 0 Å². The lowest BCUT2D eigenvalue weighted by molar-refractivity contribution is -0.163. The van der Waals surface area contributed by atoms with Crippen molar-refractivity contribution in [2.45, 2.75) is 24.9 Å². The predicted molar refractivity (Wildman–Crippen MR) is 84.1 cm³/mol. The van der Waals surface area contributed by atoms with Gasteiger partial charge < -0.3 is 20.5 Å². The summed E-state index contributed by atoms with van der Waals surface area (Å²) in [7, 11) is 1.68. The minimum Gasteiger partial charge on any atom is -0.465 e. The van der Waals surface area contributed by atoms with Crippen molar-refractivity contribution >= 4 is 12.0 Å². The number of nitrogens with zero attached hydrogens (tertiary/aromatic N) is 1. The highest BCUT2D eigenvalue weighted by atomic mass is 16.5. The molecule has 1 saturated heterocycles. The molecule has 2 aliphatic rings. The number of piperidine rings is 1. The van der Waals surface area contributed by atoms with E-state index in [0.29, 0.717) is 18.7 Å². The number of nitrogens with two attached hydrogens (primary N) is 1. The Kier molecular flexibility index (Phi) is 4.02. The zero-order valence-corrected chi connectivity index (χ0v) is 13.2. The van der Waals surface area contributed by atoms with Gasteiger partial charge in [-0.15, -0.1) is 0 Å². The zero-order valence-electron chi connectivity index (χ0n) is 13.2. The van der Waals surface area contributed by atoms with E-state index in [1.165, 1.54) is 4.90 Å². The lowest BCUT2D eigenvalue weighted by Crippen LogP contribution is -2.60. The molecule has 1 aliphatic carbocycles. The summed E-state index contributed by atoms with van der Waals surface area (Å²) in [6.07, 6.45) is 2.02. The fourth-order valence-electron chi connectivity index (χ4n) is 4.43. The summed E-state index contributed by atoms with van der Waals surface area (Å²) >= 11 is 0. The first-order chi connectivity index (χ1) is 11.0. The fourth-order valence-corrected chi connectivity index (χ4v) is 4.43. The highest BCUT2D eigenvalue weighted by Gasteiger charge is 2.54. The monoisotopic (exact) mass is 318 g/mol. The van der Waals surface area contributed by atoms with Crippen molar-refractivity contribution in [3.05, 3.63) is 35.4 Å². The van der Waals surface area contributed by atoms with Gasteiger partial charge in [0.15, 0.2) is 0 Å². The van der Waals surface area contributed by atoms with Gasteiger partial charge in [0.05, 0.1) is 0 Å². The van der Waals surface area contributed by atoms with Crippen molar-refractivity contribution in [3.63, 3.8) is 0 Å². The average Bonchev–Trinajstić information content (AvgIpc) is 2.53. The van der Waals surface area contributed by atoms with E-state index in [1.54, 1.807) is 19.2 Å². The van der Waals surface area contributed by atoms with E-state index >= 15 is 0 Å². The first-order valence-electron chi connectivity index (χ1n) is 7.92. The van der Waals surface area contributed by atoms with Crippen molar-refractivity contribution < 1.29 is 19.4 Å². The quantitative estimate of drug-likeness (QED) is 0.892. The van der Waals surface area contributed by atoms with E-state index in [2.05, 4.69) is 0 Å². The van der Waals surface area contributed by atoms with Crippen molar-refractivity contribution in [2.24, 2.45) is 17.6 Å². The number of rotatable bonds is 3. The topological polar surface area (TPSA) is 92.9 Å². The molecule has 2 bridgehead atoms. The molecule has 1 aliphatic heterocycles. The molecule has 23 heavy (non-hydrogen) atoms. The lowest BCUT2D eigenvalue weighted by Gasteiger charge is -2.54. The smallest absolute Gasteiger partial charge is 0.407 e. The van der Waals surface area contributed by atoms with Crippen molar-refractivity contribution in [1.29, 1.82) is 0 Å². The molecular weight excluding hydrogens is 296 g/mol. The molecule has 1 saturated carbocycles. The highest BCUT2D eigenvalue weighted by Crippen LogP contribution is 2.51. The summed E-state index contributed by atoms with van der Waals surface area (Å²) in [5, 5.41) is 9.35. The number of methoxy groups -OCH3 is 1. The van der Waals surface area contributed by atoms with Crippen LogP contribution in [0.1, 0.15) is 35.2 Å². The van der Waals surface area contributed by atoms with Crippen molar-refractivity contribution in [2.75, 3.05) is 20.2 Å². The second-order valence-corrected chi connectivity index (χ2v) is 6.45. The number of carbonyl (C=O) groups excluding carboxylic acids is 1. The molecule has 2 amide bonds. The molecule has 3 rings (SSSR count). The van der Waals surface area contributed by atoms with Crippen molar-refractivity contribution in [1.82, 2.24) is 4.90 Å². The Hall–Kier alpha value is -2.08. The van der Waals surface area contributed by atoms with E-state index < -0.39 is 17.6 Å². The number of benzene rings is 1. The summed E-state index contributed by atoms with van der Waals surface area (Å²) in [4.78, 5) is 24.4. The van der Waals surface area contributed by atoms with E-state index in [1.807, 2.05) is 12.1 Å². The maximum absolute atomic E-state index is 11.5. The molecule has 0 spiro atoms. The number of fused-ring (bicyclic) bond motifs is 2. The normalized spacial score (nSPS) is 30.0. The summed E-state index contributed by atoms with van der Waals surface area (Å²) in [6.45, 7) is 0.918. The maximum atomic E-state index is 11.5. The van der Waals surface area contributed by atoms with Crippen LogP contribution in [0.15, 0.2) is 24.3 Å². The Morgan fingerprint density at radius 1 is 1.30 bits per heavy atom. The molecule has 0 aromatic heterocycles. The second-order valence-electron chi connectivity index (χ2n) is 6.45. The van der Waals surface area contributed by atoms with Crippen LogP contribution in [0.2, 0.25) is 0 Å². The summed E-state index contributed by atoms with van der Waals surface area (Å²) < 4.78 is 6.02. The lowest BCUT2D eigenvalue weighted by atomic mass is 9.62. The molecule has 2 unspecified atom stereocenters. The SMILES string of the molecule is COC1(c2cccc(C(N)=O)c2)C2CCCC1CN(C(=O)O)C2. The van der Waals surface area contributed by atoms with E-state index in [4.69, 9.17) is 10.5 Å². The highest BCUT2D eigenvalue weighted by molar-refractivity contribution is 5.92. The van der Waals surface area contributed by atoms with Gasteiger partial charge in [0.25, 0.3) is 0 Å². The minimum absolute atomic E-state index is 0.0826. The van der Waals surface area contributed by atoms with E-state index in [-0.39, 0.29) is 11.8 Å². The van der Waals surface area contributed by atoms with Gasteiger partial charge >= 0.3 is 6.09 Å². The summed E-state index contributed by atoms with van der Waals surface area (Å²) in [6, 6.07) is 7.26. The van der Waals surface area contributed by atoms with Gasteiger partial charge in [0, 0.05) is 37.6 Å².